The number of fused-ring (bicyclic) bond motifs is 14. The first kappa shape index (κ1) is 24.5. The second-order valence-corrected chi connectivity index (χ2v) is 12.7. The number of aryl methyl sites for hydroxylation is 1. The molecule has 2 aliphatic heterocycles. The molecule has 6 aromatic carbocycles. The summed E-state index contributed by atoms with van der Waals surface area (Å²) in [5.74, 6) is 2.83. The Morgan fingerprint density at radius 2 is 1.30 bits per heavy atom. The molecule has 1 spiro atoms. The van der Waals surface area contributed by atoms with Gasteiger partial charge in [-0.3, -0.25) is 0 Å². The van der Waals surface area contributed by atoms with Crippen molar-refractivity contribution in [3.63, 3.8) is 0 Å². The number of benzene rings is 6. The van der Waals surface area contributed by atoms with Crippen LogP contribution in [-0.4, -0.2) is 4.57 Å². The summed E-state index contributed by atoms with van der Waals surface area (Å²) in [5.41, 5.74) is 12.1. The van der Waals surface area contributed by atoms with E-state index in [0.717, 1.165) is 63.3 Å². The Kier molecular flexibility index (Phi) is 4.62. The molecule has 0 amide bonds. The molecule has 0 fully saturated rings. The van der Waals surface area contributed by atoms with Crippen molar-refractivity contribution < 1.29 is 9.15 Å². The lowest BCUT2D eigenvalue weighted by Gasteiger charge is -2.45. The van der Waals surface area contributed by atoms with E-state index in [2.05, 4.69) is 144 Å². The van der Waals surface area contributed by atoms with E-state index in [-0.39, 0.29) is 0 Å². The van der Waals surface area contributed by atoms with Gasteiger partial charge in [-0.2, -0.15) is 0 Å². The quantitative estimate of drug-likeness (QED) is 0.190. The molecular formula is C43H27NO2. The molecule has 1 aliphatic carbocycles. The van der Waals surface area contributed by atoms with Crippen LogP contribution in [0.4, 0.5) is 0 Å². The number of furan rings is 1. The van der Waals surface area contributed by atoms with Gasteiger partial charge in [0.15, 0.2) is 0 Å². The third-order valence-corrected chi connectivity index (χ3v) is 10.5. The summed E-state index contributed by atoms with van der Waals surface area (Å²) < 4.78 is 16.2. The van der Waals surface area contributed by atoms with Crippen molar-refractivity contribution >= 4 is 38.9 Å². The first-order chi connectivity index (χ1) is 22.8. The van der Waals surface area contributed by atoms with Crippen LogP contribution in [0.2, 0.25) is 0 Å². The Hall–Kier alpha value is -5.80. The van der Waals surface area contributed by atoms with Crippen LogP contribution in [0.25, 0.3) is 55.7 Å². The van der Waals surface area contributed by atoms with E-state index in [1.165, 1.54) is 44.2 Å². The van der Waals surface area contributed by atoms with Crippen LogP contribution in [0.15, 0.2) is 138 Å². The van der Waals surface area contributed by atoms with Crippen molar-refractivity contribution in [1.82, 2.24) is 4.57 Å². The number of nitrogens with zero attached hydrogens (tertiary/aromatic N) is 1. The normalized spacial score (nSPS) is 17.1. The molecule has 8 aromatic rings. The average molecular weight is 590 g/mol. The van der Waals surface area contributed by atoms with Crippen LogP contribution in [0.1, 0.15) is 40.0 Å². The lowest BCUT2D eigenvalue weighted by atomic mass is 9.61. The van der Waals surface area contributed by atoms with Crippen LogP contribution in [0, 0.1) is 0 Å². The predicted molar refractivity (Wildman–Crippen MR) is 185 cm³/mol. The summed E-state index contributed by atoms with van der Waals surface area (Å²) in [4.78, 5) is 0. The zero-order valence-corrected chi connectivity index (χ0v) is 25.0. The maximum atomic E-state index is 7.04. The van der Waals surface area contributed by atoms with Crippen LogP contribution in [0.5, 0.6) is 11.5 Å². The topological polar surface area (TPSA) is 27.3 Å². The number of para-hydroxylation sites is 6. The van der Waals surface area contributed by atoms with Crippen LogP contribution >= 0.6 is 0 Å². The fourth-order valence-corrected chi connectivity index (χ4v) is 8.74. The molecule has 3 aliphatic rings. The number of ether oxygens (including phenoxy) is 1. The highest BCUT2D eigenvalue weighted by Gasteiger charge is 2.50. The third-order valence-electron chi connectivity index (χ3n) is 10.5. The van der Waals surface area contributed by atoms with E-state index in [4.69, 9.17) is 9.15 Å². The molecule has 0 saturated heterocycles. The van der Waals surface area contributed by atoms with Crippen molar-refractivity contribution in [2.24, 2.45) is 0 Å². The molecular weight excluding hydrogens is 562 g/mol. The van der Waals surface area contributed by atoms with Gasteiger partial charge in [0.25, 0.3) is 0 Å². The Bertz CT molecular complexity index is 2630. The van der Waals surface area contributed by atoms with Crippen molar-refractivity contribution in [1.29, 1.82) is 0 Å². The van der Waals surface area contributed by atoms with Gasteiger partial charge in [-0.05, 0) is 35.7 Å². The first-order valence-electron chi connectivity index (χ1n) is 16.1. The van der Waals surface area contributed by atoms with Gasteiger partial charge in [0.1, 0.15) is 22.8 Å². The Balaban J connectivity index is 1.31. The van der Waals surface area contributed by atoms with E-state index in [1.807, 2.05) is 0 Å². The molecule has 4 heterocycles. The summed E-state index contributed by atoms with van der Waals surface area (Å²) in [6.07, 6.45) is 6.40. The summed E-state index contributed by atoms with van der Waals surface area (Å²) >= 11 is 0. The molecule has 1 atom stereocenters. The Labute approximate surface area is 265 Å². The first-order valence-corrected chi connectivity index (χ1v) is 16.1. The highest BCUT2D eigenvalue weighted by molar-refractivity contribution is 6.12. The maximum Gasteiger partial charge on any atom is 0.142 e. The molecule has 0 N–H and O–H groups in total. The Morgan fingerprint density at radius 1 is 0.587 bits per heavy atom. The van der Waals surface area contributed by atoms with E-state index < -0.39 is 5.41 Å². The van der Waals surface area contributed by atoms with E-state index in [0.29, 0.717) is 0 Å². The second kappa shape index (κ2) is 8.68. The van der Waals surface area contributed by atoms with Crippen molar-refractivity contribution in [3.8, 4) is 28.3 Å². The highest BCUT2D eigenvalue weighted by Crippen LogP contribution is 2.61. The fourth-order valence-electron chi connectivity index (χ4n) is 8.74. The fraction of sp³-hybridized carbons (Fsp3) is 0.0698. The number of hydrogen-bond acceptors (Lipinski definition) is 2. The highest BCUT2D eigenvalue weighted by atomic mass is 16.5. The monoisotopic (exact) mass is 589 g/mol. The van der Waals surface area contributed by atoms with Gasteiger partial charge in [0, 0.05) is 50.4 Å². The second-order valence-electron chi connectivity index (χ2n) is 12.7. The summed E-state index contributed by atoms with van der Waals surface area (Å²) in [5, 5.41) is 3.69. The van der Waals surface area contributed by atoms with Gasteiger partial charge in [0.2, 0.25) is 0 Å². The van der Waals surface area contributed by atoms with Gasteiger partial charge in [-0.1, -0.05) is 121 Å². The van der Waals surface area contributed by atoms with Crippen LogP contribution in [0.3, 0.4) is 0 Å². The summed E-state index contributed by atoms with van der Waals surface area (Å²) in [6, 6.07) is 46.4. The summed E-state index contributed by atoms with van der Waals surface area (Å²) in [7, 11) is 0. The lowest BCUT2D eigenvalue weighted by molar-refractivity contribution is 0.435. The number of allylic oxidation sites excluding steroid dienone is 1. The molecule has 2 aromatic heterocycles. The van der Waals surface area contributed by atoms with Crippen LogP contribution < -0.4 is 4.74 Å². The minimum atomic E-state index is -0.598. The van der Waals surface area contributed by atoms with Gasteiger partial charge >= 0.3 is 0 Å². The van der Waals surface area contributed by atoms with Crippen molar-refractivity contribution in [2.45, 2.75) is 18.3 Å². The van der Waals surface area contributed by atoms with Gasteiger partial charge in [0.05, 0.1) is 22.1 Å². The van der Waals surface area contributed by atoms with E-state index in [9.17, 15) is 0 Å². The molecule has 1 unspecified atom stereocenters. The van der Waals surface area contributed by atoms with E-state index >= 15 is 0 Å². The molecule has 0 radical (unpaired) electrons. The smallest absolute Gasteiger partial charge is 0.142 e. The molecule has 216 valence electrons. The minimum Gasteiger partial charge on any atom is -0.460 e. The largest absolute Gasteiger partial charge is 0.460 e. The van der Waals surface area contributed by atoms with Gasteiger partial charge < -0.3 is 13.7 Å². The summed E-state index contributed by atoms with van der Waals surface area (Å²) in [6.45, 7) is 0. The predicted octanol–water partition coefficient (Wildman–Crippen LogP) is 11.0. The number of aromatic nitrogens is 1. The zero-order valence-electron chi connectivity index (χ0n) is 25.0. The molecule has 3 heteroatoms. The number of hydrogen-bond donors (Lipinski definition) is 0. The van der Waals surface area contributed by atoms with Crippen molar-refractivity contribution in [3.05, 3.63) is 167 Å². The number of rotatable bonds is 1. The van der Waals surface area contributed by atoms with Crippen LogP contribution in [-0.2, 0) is 11.8 Å². The third kappa shape index (κ3) is 2.85. The zero-order chi connectivity index (χ0) is 30.0. The van der Waals surface area contributed by atoms with Gasteiger partial charge in [-0.15, -0.1) is 0 Å². The lowest BCUT2D eigenvalue weighted by Crippen LogP contribution is -2.37. The van der Waals surface area contributed by atoms with Crippen molar-refractivity contribution in [2.75, 3.05) is 0 Å². The molecule has 0 saturated carbocycles. The molecule has 46 heavy (non-hydrogen) atoms. The molecule has 11 rings (SSSR count). The molecule has 3 nitrogen and oxygen atoms in total. The average Bonchev–Trinajstić information content (AvgIpc) is 3.67. The maximum absolute atomic E-state index is 7.04. The standard InChI is InChI=1S/C43H27NO2/c1-5-22-36-26(12-1)28-14-10-20-34-40(28)44(36)37-23-6-3-18-32(37)43(34)33-19-4-8-25-39(33)46-42-31(17-11-21-35(42)43)30-16-9-15-29-27-13-2-7-24-38(27)45-41(29)30/h1-6,8-23,25H,7,24H2. The Morgan fingerprint density at radius 3 is 2.28 bits per heavy atom. The minimum absolute atomic E-state index is 0.598. The SMILES string of the molecule is C1=Cc2c(oc3c(-c4cccc5c4Oc4ccccc4C54c5ccccc5-n5c6ccccc6c6cccc4c65)cccc23)CC1. The van der Waals surface area contributed by atoms with Gasteiger partial charge in [-0.25, -0.2) is 0 Å². The van der Waals surface area contributed by atoms with E-state index in [1.54, 1.807) is 0 Å². The molecule has 0 bridgehead atoms.